The molecule has 0 heterocycles. The van der Waals surface area contributed by atoms with Crippen molar-refractivity contribution in [2.75, 3.05) is 27.8 Å². The maximum atomic E-state index is 12.4. The number of carbonyl (C=O) groups is 3. The smallest absolute Gasteiger partial charge is 0.251 e. The lowest BCUT2D eigenvalue weighted by molar-refractivity contribution is -0.194. The Morgan fingerprint density at radius 1 is 0.860 bits per heavy atom. The zero-order chi connectivity index (χ0) is 41.9. The molecule has 316 valence electrons. The van der Waals surface area contributed by atoms with Gasteiger partial charge in [0.1, 0.15) is 18.3 Å². The first kappa shape index (κ1) is 46.4. The average molecular weight is 785 g/mol. The molecule has 0 saturated heterocycles. The number of hydrogen-bond acceptors (Lipinski definition) is 6. The number of nitrogens with one attached hydrogen (secondary N) is 2. The van der Waals surface area contributed by atoms with Crippen LogP contribution in [0, 0.1) is 51.2 Å². The summed E-state index contributed by atoms with van der Waals surface area (Å²) in [6.45, 7) is 16.6. The summed E-state index contributed by atoms with van der Waals surface area (Å²) in [4.78, 5) is 35.7. The molecule has 0 bridgehead atoms. The van der Waals surface area contributed by atoms with Gasteiger partial charge in [0.2, 0.25) is 0 Å². The predicted molar refractivity (Wildman–Crippen MR) is 233 cm³/mol. The fourth-order valence-electron chi connectivity index (χ4n) is 13.0. The summed E-state index contributed by atoms with van der Waals surface area (Å²) in [6, 6.07) is 13.4. The first-order valence-corrected chi connectivity index (χ1v) is 21.9. The zero-order valence-electron chi connectivity index (χ0n) is 36.7. The van der Waals surface area contributed by atoms with Gasteiger partial charge in [-0.1, -0.05) is 70.9 Å². The van der Waals surface area contributed by atoms with E-state index in [1.807, 2.05) is 32.2 Å². The van der Waals surface area contributed by atoms with E-state index in [9.17, 15) is 19.5 Å². The van der Waals surface area contributed by atoms with E-state index < -0.39 is 6.04 Å². The maximum absolute atomic E-state index is 12.4. The van der Waals surface area contributed by atoms with E-state index in [-0.39, 0.29) is 17.1 Å². The number of allylic oxidation sites excluding steroid dienone is 1. The summed E-state index contributed by atoms with van der Waals surface area (Å²) >= 11 is 0. The van der Waals surface area contributed by atoms with Gasteiger partial charge in [0, 0.05) is 25.2 Å². The SMILES string of the molecule is C=CC.CC1(C)CCCC2(C)C1CCC1(C)C3CCC4(C=O)CCCC4C3CCC12.CNCCc1cccc(C(=O)NC(C=O)Cc2ccc(O)cc2)c1.COC. The fraction of sp³-hybridized carbons (Fsp3) is 0.660. The summed E-state index contributed by atoms with van der Waals surface area (Å²) in [5, 5.41) is 15.1. The summed E-state index contributed by atoms with van der Waals surface area (Å²) in [5.74, 6) is 4.23. The van der Waals surface area contributed by atoms with E-state index in [4.69, 9.17) is 0 Å². The maximum Gasteiger partial charge on any atom is 0.251 e. The zero-order valence-corrected chi connectivity index (χ0v) is 36.7. The van der Waals surface area contributed by atoms with E-state index in [0.717, 1.165) is 60.0 Å². The van der Waals surface area contributed by atoms with Crippen LogP contribution in [-0.4, -0.2) is 57.4 Å². The van der Waals surface area contributed by atoms with E-state index in [0.29, 0.717) is 28.2 Å². The van der Waals surface area contributed by atoms with Crippen molar-refractivity contribution in [3.63, 3.8) is 0 Å². The highest BCUT2D eigenvalue weighted by molar-refractivity contribution is 5.95. The largest absolute Gasteiger partial charge is 0.508 e. The Hall–Kier alpha value is -3.29. The van der Waals surface area contributed by atoms with Crippen LogP contribution in [0.4, 0.5) is 0 Å². The minimum absolute atomic E-state index is 0.0816. The van der Waals surface area contributed by atoms with Crippen LogP contribution in [0.25, 0.3) is 0 Å². The van der Waals surface area contributed by atoms with Crippen molar-refractivity contribution in [1.29, 1.82) is 0 Å². The Bertz CT molecular complexity index is 1610. The molecule has 7 nitrogen and oxygen atoms in total. The van der Waals surface area contributed by atoms with Crippen molar-refractivity contribution < 1.29 is 24.2 Å². The second-order valence-electron chi connectivity index (χ2n) is 19.2. The molecule has 1 amide bonds. The lowest BCUT2D eigenvalue weighted by atomic mass is 9.36. The van der Waals surface area contributed by atoms with Crippen molar-refractivity contribution in [2.24, 2.45) is 51.2 Å². The second kappa shape index (κ2) is 20.6. The molecule has 0 spiro atoms. The number of likely N-dealkylation sites (N-methyl/N-ethyl adjacent to an activating group) is 1. The Morgan fingerprint density at radius 3 is 2.21 bits per heavy atom. The average Bonchev–Trinajstić information content (AvgIpc) is 3.63. The number of aromatic hydroxyl groups is 1. The van der Waals surface area contributed by atoms with Crippen LogP contribution in [0.3, 0.4) is 0 Å². The Balaban J connectivity index is 0.000000224. The highest BCUT2D eigenvalue weighted by Gasteiger charge is 2.65. The Kier molecular flexibility index (Phi) is 16.8. The Morgan fingerprint density at radius 2 is 1.56 bits per heavy atom. The molecule has 57 heavy (non-hydrogen) atoms. The van der Waals surface area contributed by atoms with E-state index in [1.54, 1.807) is 50.6 Å². The molecular formula is C50H76N2O5. The third kappa shape index (κ3) is 10.5. The molecule has 2 aromatic carbocycles. The van der Waals surface area contributed by atoms with Crippen LogP contribution < -0.4 is 10.6 Å². The van der Waals surface area contributed by atoms with Gasteiger partial charge in [0.05, 0.1) is 6.04 Å². The van der Waals surface area contributed by atoms with E-state index in [2.05, 4.69) is 49.6 Å². The summed E-state index contributed by atoms with van der Waals surface area (Å²) in [5.41, 5.74) is 4.20. The van der Waals surface area contributed by atoms with Gasteiger partial charge in [0.25, 0.3) is 5.91 Å². The van der Waals surface area contributed by atoms with Gasteiger partial charge in [-0.2, -0.15) is 0 Å². The predicted octanol–water partition coefficient (Wildman–Crippen LogP) is 10.2. The van der Waals surface area contributed by atoms with Gasteiger partial charge >= 0.3 is 0 Å². The molecule has 5 aliphatic carbocycles. The lowest BCUT2D eigenvalue weighted by Crippen LogP contribution is -2.61. The fourth-order valence-corrected chi connectivity index (χ4v) is 13.0. The van der Waals surface area contributed by atoms with Crippen molar-refractivity contribution in [1.82, 2.24) is 10.6 Å². The molecule has 0 radical (unpaired) electrons. The monoisotopic (exact) mass is 785 g/mol. The van der Waals surface area contributed by atoms with Crippen molar-refractivity contribution >= 4 is 18.5 Å². The Labute approximate surface area is 345 Å². The molecule has 2 aromatic rings. The van der Waals surface area contributed by atoms with Gasteiger partial charge < -0.3 is 30.1 Å². The van der Waals surface area contributed by atoms with Gasteiger partial charge in [-0.25, -0.2) is 0 Å². The molecule has 9 atom stereocenters. The number of carbonyl (C=O) groups excluding carboxylic acids is 3. The topological polar surface area (TPSA) is 105 Å². The summed E-state index contributed by atoms with van der Waals surface area (Å²) in [7, 11) is 5.13. The number of amides is 1. The number of ether oxygens (including phenoxy) is 1. The highest BCUT2D eigenvalue weighted by atomic mass is 16.4. The van der Waals surface area contributed by atoms with Gasteiger partial charge in [-0.05, 0) is 179 Å². The van der Waals surface area contributed by atoms with Gasteiger partial charge in [-0.3, -0.25) is 4.79 Å². The molecule has 3 N–H and O–H groups in total. The van der Waals surface area contributed by atoms with E-state index >= 15 is 0 Å². The van der Waals surface area contributed by atoms with Crippen LogP contribution in [0.2, 0.25) is 0 Å². The third-order valence-corrected chi connectivity index (χ3v) is 15.3. The first-order chi connectivity index (χ1) is 27.2. The van der Waals surface area contributed by atoms with E-state index in [1.165, 1.54) is 83.3 Å². The minimum Gasteiger partial charge on any atom is -0.508 e. The van der Waals surface area contributed by atoms with Crippen LogP contribution in [-0.2, 0) is 27.2 Å². The molecule has 5 saturated carbocycles. The number of phenols is 1. The first-order valence-electron chi connectivity index (χ1n) is 21.9. The molecule has 0 aliphatic heterocycles. The molecule has 5 aliphatic rings. The van der Waals surface area contributed by atoms with Crippen molar-refractivity contribution in [3.05, 3.63) is 77.9 Å². The molecule has 0 aromatic heterocycles. The third-order valence-electron chi connectivity index (χ3n) is 15.3. The summed E-state index contributed by atoms with van der Waals surface area (Å²) in [6.07, 6.45) is 21.7. The number of rotatable bonds is 9. The molecule has 5 fully saturated rings. The number of hydrogen-bond donors (Lipinski definition) is 3. The molecule has 7 rings (SSSR count). The van der Waals surface area contributed by atoms with Crippen LogP contribution in [0.15, 0.2) is 61.2 Å². The second-order valence-corrected chi connectivity index (χ2v) is 19.2. The number of aldehydes is 2. The van der Waals surface area contributed by atoms with Crippen LogP contribution in [0.5, 0.6) is 5.75 Å². The number of methoxy groups -OCH3 is 1. The lowest BCUT2D eigenvalue weighted by Gasteiger charge is -2.68. The van der Waals surface area contributed by atoms with Crippen LogP contribution in [0.1, 0.15) is 133 Å². The number of benzene rings is 2. The summed E-state index contributed by atoms with van der Waals surface area (Å²) < 4.78 is 4.25. The van der Waals surface area contributed by atoms with Gasteiger partial charge in [-0.15, -0.1) is 6.58 Å². The molecule has 9 unspecified atom stereocenters. The quantitative estimate of drug-likeness (QED) is 0.173. The molecular weight excluding hydrogens is 709 g/mol. The standard InChI is InChI=1S/C26H42O.C19H22N2O3.C3H6.C2H6O/c1-23(2)12-6-13-25(4)21(23)11-15-24(3)19-10-16-26(17-27)14-5-7-20(26)18(19)8-9-22(24)25;1-20-10-9-14-3-2-4-16(11-14)19(24)21-17(13-22)12-15-5-7-18(23)8-6-15;2*1-3-2/h17-22H,5-16H2,1-4H3;2-8,11,13,17,20,23H,9-10,12H2,1H3,(H,21,24);3H,1H2,2H3;1-2H3. The minimum atomic E-state index is -0.608. The number of fused-ring (bicyclic) bond motifs is 7. The number of phenolic OH excluding ortho intramolecular Hbond substituents is 1. The van der Waals surface area contributed by atoms with Crippen molar-refractivity contribution in [2.45, 2.75) is 131 Å². The highest BCUT2D eigenvalue weighted by Crippen LogP contribution is 2.72. The van der Waals surface area contributed by atoms with Crippen LogP contribution >= 0.6 is 0 Å². The van der Waals surface area contributed by atoms with Crippen molar-refractivity contribution in [3.8, 4) is 5.75 Å². The van der Waals surface area contributed by atoms with Gasteiger partial charge in [0.15, 0.2) is 0 Å². The normalized spacial score (nSPS) is 32.2. The molecule has 7 heteroatoms.